The zero-order chi connectivity index (χ0) is 14.8. The minimum atomic E-state index is -1.13. The van der Waals surface area contributed by atoms with Crippen LogP contribution in [0.25, 0.3) is 0 Å². The van der Waals surface area contributed by atoms with Gasteiger partial charge in [0.15, 0.2) is 0 Å². The SMILES string of the molecule is Cc1ccc(C)c(C(=O)NCC(C)(C)O)c1C(=O)O. The molecule has 0 fully saturated rings. The Balaban J connectivity index is 3.15. The summed E-state index contributed by atoms with van der Waals surface area (Å²) in [6.45, 7) is 6.52. The van der Waals surface area contributed by atoms with Gasteiger partial charge in [-0.3, -0.25) is 4.79 Å². The maximum Gasteiger partial charge on any atom is 0.336 e. The smallest absolute Gasteiger partial charge is 0.336 e. The predicted octanol–water partition coefficient (Wildman–Crippen LogP) is 1.50. The summed E-state index contributed by atoms with van der Waals surface area (Å²) in [4.78, 5) is 23.4. The molecule has 1 rings (SSSR count). The average molecular weight is 265 g/mol. The molecule has 104 valence electrons. The van der Waals surface area contributed by atoms with Crippen molar-refractivity contribution in [2.24, 2.45) is 0 Å². The summed E-state index contributed by atoms with van der Waals surface area (Å²) in [5, 5.41) is 21.4. The number of carbonyl (C=O) groups excluding carboxylic acids is 1. The summed E-state index contributed by atoms with van der Waals surface area (Å²) in [6, 6.07) is 3.38. The Kier molecular flexibility index (Phi) is 4.32. The number of carbonyl (C=O) groups is 2. The van der Waals surface area contributed by atoms with E-state index in [-0.39, 0.29) is 17.7 Å². The van der Waals surface area contributed by atoms with Crippen molar-refractivity contribution in [3.8, 4) is 0 Å². The highest BCUT2D eigenvalue weighted by molar-refractivity contribution is 6.06. The first-order valence-corrected chi connectivity index (χ1v) is 5.97. The summed E-state index contributed by atoms with van der Waals surface area (Å²) < 4.78 is 0. The highest BCUT2D eigenvalue weighted by Gasteiger charge is 2.22. The minimum absolute atomic E-state index is 0.00764. The number of aromatic carboxylic acids is 1. The third kappa shape index (κ3) is 3.79. The van der Waals surface area contributed by atoms with Crippen LogP contribution in [0.3, 0.4) is 0 Å². The molecule has 0 saturated heterocycles. The van der Waals surface area contributed by atoms with Gasteiger partial charge in [0.05, 0.1) is 16.7 Å². The third-order valence-electron chi connectivity index (χ3n) is 2.74. The molecular formula is C14H19NO4. The Labute approximate surface area is 112 Å². The van der Waals surface area contributed by atoms with Crippen LogP contribution in [0.1, 0.15) is 45.7 Å². The molecule has 0 aliphatic carbocycles. The highest BCUT2D eigenvalue weighted by atomic mass is 16.4. The molecule has 0 radical (unpaired) electrons. The van der Waals surface area contributed by atoms with E-state index in [4.69, 9.17) is 0 Å². The van der Waals surface area contributed by atoms with Crippen LogP contribution >= 0.6 is 0 Å². The number of carboxylic acid groups (broad SMARTS) is 1. The van der Waals surface area contributed by atoms with Gasteiger partial charge in [-0.2, -0.15) is 0 Å². The molecule has 0 bridgehead atoms. The molecule has 5 nitrogen and oxygen atoms in total. The number of nitrogens with one attached hydrogen (secondary N) is 1. The van der Waals surface area contributed by atoms with Gasteiger partial charge in [0.25, 0.3) is 5.91 Å². The van der Waals surface area contributed by atoms with E-state index in [1.165, 1.54) is 0 Å². The number of rotatable bonds is 4. The van der Waals surface area contributed by atoms with E-state index in [9.17, 15) is 19.8 Å². The first-order chi connectivity index (χ1) is 8.63. The van der Waals surface area contributed by atoms with Crippen molar-refractivity contribution in [2.75, 3.05) is 6.54 Å². The lowest BCUT2D eigenvalue weighted by molar-refractivity contribution is 0.0672. The summed E-state index contributed by atoms with van der Waals surface area (Å²) in [7, 11) is 0. The molecule has 1 aromatic rings. The number of aliphatic hydroxyl groups is 1. The van der Waals surface area contributed by atoms with Gasteiger partial charge in [0.1, 0.15) is 0 Å². The Hall–Kier alpha value is -1.88. The van der Waals surface area contributed by atoms with Gasteiger partial charge in [0.2, 0.25) is 0 Å². The van der Waals surface area contributed by atoms with E-state index >= 15 is 0 Å². The molecule has 0 saturated carbocycles. The number of benzene rings is 1. The lowest BCUT2D eigenvalue weighted by Gasteiger charge is -2.19. The van der Waals surface area contributed by atoms with Gasteiger partial charge < -0.3 is 15.5 Å². The molecule has 3 N–H and O–H groups in total. The molecule has 5 heteroatoms. The molecular weight excluding hydrogens is 246 g/mol. The monoisotopic (exact) mass is 265 g/mol. The number of carboxylic acids is 1. The fourth-order valence-corrected chi connectivity index (χ4v) is 1.76. The van der Waals surface area contributed by atoms with Gasteiger partial charge in [-0.1, -0.05) is 12.1 Å². The quantitative estimate of drug-likeness (QED) is 0.770. The number of hydrogen-bond donors (Lipinski definition) is 3. The lowest BCUT2D eigenvalue weighted by Crippen LogP contribution is -2.39. The average Bonchev–Trinajstić information content (AvgIpc) is 2.27. The number of aryl methyl sites for hydroxylation is 2. The van der Waals surface area contributed by atoms with E-state index in [2.05, 4.69) is 5.32 Å². The van der Waals surface area contributed by atoms with Crippen molar-refractivity contribution in [2.45, 2.75) is 33.3 Å². The van der Waals surface area contributed by atoms with Crippen molar-refractivity contribution in [3.63, 3.8) is 0 Å². The lowest BCUT2D eigenvalue weighted by atomic mass is 9.96. The Morgan fingerprint density at radius 2 is 1.63 bits per heavy atom. The van der Waals surface area contributed by atoms with Crippen LogP contribution in [0, 0.1) is 13.8 Å². The molecule has 0 atom stereocenters. The van der Waals surface area contributed by atoms with E-state index in [0.717, 1.165) is 0 Å². The van der Waals surface area contributed by atoms with Crippen LogP contribution in [-0.2, 0) is 0 Å². The van der Waals surface area contributed by atoms with E-state index in [1.807, 2.05) is 0 Å². The molecule has 1 amide bonds. The predicted molar refractivity (Wildman–Crippen MR) is 71.5 cm³/mol. The van der Waals surface area contributed by atoms with Gasteiger partial charge in [-0.25, -0.2) is 4.79 Å². The molecule has 0 heterocycles. The Bertz CT molecular complexity index is 515. The molecule has 0 aromatic heterocycles. The van der Waals surface area contributed by atoms with Gasteiger partial charge in [-0.05, 0) is 38.8 Å². The number of hydrogen-bond acceptors (Lipinski definition) is 3. The van der Waals surface area contributed by atoms with E-state index in [1.54, 1.807) is 39.8 Å². The van der Waals surface area contributed by atoms with Crippen molar-refractivity contribution < 1.29 is 19.8 Å². The van der Waals surface area contributed by atoms with Gasteiger partial charge in [-0.15, -0.1) is 0 Å². The zero-order valence-corrected chi connectivity index (χ0v) is 11.6. The fourth-order valence-electron chi connectivity index (χ4n) is 1.76. The second-order valence-electron chi connectivity index (χ2n) is 5.25. The topological polar surface area (TPSA) is 86.6 Å². The fraction of sp³-hybridized carbons (Fsp3) is 0.429. The van der Waals surface area contributed by atoms with Crippen LogP contribution in [0.5, 0.6) is 0 Å². The van der Waals surface area contributed by atoms with E-state index < -0.39 is 17.5 Å². The first-order valence-electron chi connectivity index (χ1n) is 5.97. The molecule has 0 spiro atoms. The van der Waals surface area contributed by atoms with Crippen LogP contribution in [0.2, 0.25) is 0 Å². The Morgan fingerprint density at radius 3 is 2.05 bits per heavy atom. The molecule has 19 heavy (non-hydrogen) atoms. The van der Waals surface area contributed by atoms with Gasteiger partial charge >= 0.3 is 5.97 Å². The molecule has 0 aliphatic heterocycles. The summed E-state index contributed by atoms with van der Waals surface area (Å²) in [5.74, 6) is -1.62. The largest absolute Gasteiger partial charge is 0.478 e. The maximum absolute atomic E-state index is 12.1. The van der Waals surface area contributed by atoms with E-state index in [0.29, 0.717) is 11.1 Å². The summed E-state index contributed by atoms with van der Waals surface area (Å²) >= 11 is 0. The van der Waals surface area contributed by atoms with Crippen molar-refractivity contribution in [1.29, 1.82) is 0 Å². The highest BCUT2D eigenvalue weighted by Crippen LogP contribution is 2.19. The molecule has 1 aromatic carbocycles. The third-order valence-corrected chi connectivity index (χ3v) is 2.74. The van der Waals surface area contributed by atoms with Crippen LogP contribution in [-0.4, -0.2) is 34.2 Å². The normalized spacial score (nSPS) is 11.2. The summed E-state index contributed by atoms with van der Waals surface area (Å²) in [6.07, 6.45) is 0. The minimum Gasteiger partial charge on any atom is -0.478 e. The van der Waals surface area contributed by atoms with Crippen LogP contribution < -0.4 is 5.32 Å². The first kappa shape index (κ1) is 15.2. The molecule has 0 aliphatic rings. The Morgan fingerprint density at radius 1 is 1.16 bits per heavy atom. The zero-order valence-electron chi connectivity index (χ0n) is 11.6. The standard InChI is InChI=1S/C14H19NO4/c1-8-5-6-9(2)11(13(17)18)10(8)12(16)15-7-14(3,4)19/h5-6,19H,7H2,1-4H3,(H,15,16)(H,17,18). The van der Waals surface area contributed by atoms with Crippen LogP contribution in [0.15, 0.2) is 12.1 Å². The number of amides is 1. The van der Waals surface area contributed by atoms with Crippen molar-refractivity contribution >= 4 is 11.9 Å². The van der Waals surface area contributed by atoms with Crippen LogP contribution in [0.4, 0.5) is 0 Å². The van der Waals surface area contributed by atoms with Gasteiger partial charge in [0, 0.05) is 6.54 Å². The van der Waals surface area contributed by atoms with Crippen molar-refractivity contribution in [3.05, 3.63) is 34.4 Å². The maximum atomic E-state index is 12.1. The summed E-state index contributed by atoms with van der Waals surface area (Å²) in [5.41, 5.74) is 0.240. The second-order valence-corrected chi connectivity index (χ2v) is 5.25. The molecule has 0 unspecified atom stereocenters. The van der Waals surface area contributed by atoms with Crippen molar-refractivity contribution in [1.82, 2.24) is 5.32 Å². The second kappa shape index (κ2) is 5.40.